The van der Waals surface area contributed by atoms with Crippen molar-refractivity contribution in [3.63, 3.8) is 0 Å². The van der Waals surface area contributed by atoms with Gasteiger partial charge in [-0.25, -0.2) is 0 Å². The molecule has 0 heterocycles. The highest BCUT2D eigenvalue weighted by molar-refractivity contribution is 5.70. The van der Waals surface area contributed by atoms with Gasteiger partial charge in [-0.15, -0.1) is 0 Å². The standard InChI is InChI=1S/C69H112O5/c1-4-7-10-13-16-19-22-25-28-31-34-37-40-43-46-49-52-55-58-61-64-72-65-67(74-69(71)63-60-57-54-51-48-45-42-39-36-33-30-27-24-21-18-15-12-9-6-3)66-73-68(70)62-59-56-53-50-47-44-41-38-35-32-29-26-23-20-17-14-11-8-5-2/h7-8,10-11,16-21,25-30,34-39,43,46,67H,4-6,9,12-15,22-24,31-33,40-42,44-45,47-66H2,1-3H3/b10-7-,11-8-,19-16-,20-17-,21-18-,28-25-,29-26-,30-27-,37-34-,38-35-,39-36-,46-43-. The van der Waals surface area contributed by atoms with Crippen LogP contribution in [-0.4, -0.2) is 37.9 Å². The van der Waals surface area contributed by atoms with Crippen molar-refractivity contribution in [2.45, 2.75) is 258 Å². The van der Waals surface area contributed by atoms with Crippen LogP contribution in [0.25, 0.3) is 0 Å². The van der Waals surface area contributed by atoms with Gasteiger partial charge in [0, 0.05) is 19.4 Å². The van der Waals surface area contributed by atoms with Crippen molar-refractivity contribution in [1.82, 2.24) is 0 Å². The minimum absolute atomic E-state index is 0.0520. The molecule has 0 spiro atoms. The Labute approximate surface area is 457 Å². The van der Waals surface area contributed by atoms with Crippen LogP contribution in [0.15, 0.2) is 146 Å². The Hall–Kier alpha value is -4.22. The lowest BCUT2D eigenvalue weighted by atomic mass is 10.1. The zero-order chi connectivity index (χ0) is 53.4. The summed E-state index contributed by atoms with van der Waals surface area (Å²) in [6.45, 7) is 7.48. The van der Waals surface area contributed by atoms with Crippen molar-refractivity contribution in [2.75, 3.05) is 19.8 Å². The SMILES string of the molecule is CC/C=C\C/C=C\C/C=C\C/C=C\C/C=C\CCCCCCOCC(COC(=O)CCCCCCCC/C=C\C/C=C\C/C=C\C/C=C\CC)OC(=O)CCCCCCCC/C=C\C/C=C\C/C=C\CCCCC. The minimum atomic E-state index is -0.576. The summed E-state index contributed by atoms with van der Waals surface area (Å²) in [7, 11) is 0. The van der Waals surface area contributed by atoms with Crippen LogP contribution in [0.4, 0.5) is 0 Å². The number of carbonyl (C=O) groups is 2. The van der Waals surface area contributed by atoms with E-state index in [0.717, 1.165) is 148 Å². The van der Waals surface area contributed by atoms with E-state index >= 15 is 0 Å². The average molecular weight is 1020 g/mol. The average Bonchev–Trinajstić information content (AvgIpc) is 3.40. The van der Waals surface area contributed by atoms with E-state index in [2.05, 4.69) is 167 Å². The van der Waals surface area contributed by atoms with Gasteiger partial charge in [0.1, 0.15) is 6.61 Å². The fourth-order valence-electron chi connectivity index (χ4n) is 7.89. The second-order valence-corrected chi connectivity index (χ2v) is 19.5. The van der Waals surface area contributed by atoms with Crippen LogP contribution in [0.3, 0.4) is 0 Å². The van der Waals surface area contributed by atoms with E-state index in [1.807, 2.05) is 0 Å². The third-order valence-electron chi connectivity index (χ3n) is 12.3. The summed E-state index contributed by atoms with van der Waals surface area (Å²) >= 11 is 0. The molecule has 0 aromatic rings. The van der Waals surface area contributed by atoms with Crippen LogP contribution in [0, 0.1) is 0 Å². The Morgan fingerprint density at radius 3 is 0.973 bits per heavy atom. The first kappa shape index (κ1) is 69.8. The number of esters is 2. The number of unbranched alkanes of at least 4 members (excludes halogenated alkanes) is 19. The highest BCUT2D eigenvalue weighted by Gasteiger charge is 2.17. The largest absolute Gasteiger partial charge is 0.462 e. The van der Waals surface area contributed by atoms with Gasteiger partial charge >= 0.3 is 11.9 Å². The van der Waals surface area contributed by atoms with Gasteiger partial charge in [0.25, 0.3) is 0 Å². The molecule has 0 aromatic carbocycles. The maximum atomic E-state index is 12.9. The summed E-state index contributed by atoms with van der Waals surface area (Å²) in [5.74, 6) is -0.449. The number of hydrogen-bond acceptors (Lipinski definition) is 5. The van der Waals surface area contributed by atoms with Gasteiger partial charge in [0.2, 0.25) is 0 Å². The molecule has 0 aromatic heterocycles. The molecule has 1 unspecified atom stereocenters. The summed E-state index contributed by atoms with van der Waals surface area (Å²) in [5.41, 5.74) is 0. The molecule has 74 heavy (non-hydrogen) atoms. The lowest BCUT2D eigenvalue weighted by molar-refractivity contribution is -0.163. The lowest BCUT2D eigenvalue weighted by Crippen LogP contribution is -2.30. The molecule has 0 aliphatic heterocycles. The highest BCUT2D eigenvalue weighted by Crippen LogP contribution is 2.13. The Bertz CT molecular complexity index is 1580. The van der Waals surface area contributed by atoms with Gasteiger partial charge in [0.15, 0.2) is 6.10 Å². The maximum Gasteiger partial charge on any atom is 0.306 e. The third-order valence-corrected chi connectivity index (χ3v) is 12.3. The fourth-order valence-corrected chi connectivity index (χ4v) is 7.89. The van der Waals surface area contributed by atoms with Crippen LogP contribution in [0.1, 0.15) is 252 Å². The Morgan fingerprint density at radius 1 is 0.311 bits per heavy atom. The molecular weight excluding hydrogens is 909 g/mol. The number of rotatable bonds is 54. The predicted octanol–water partition coefficient (Wildman–Crippen LogP) is 21.2. The van der Waals surface area contributed by atoms with Gasteiger partial charge in [-0.05, 0) is 141 Å². The molecule has 0 aliphatic rings. The van der Waals surface area contributed by atoms with E-state index in [1.54, 1.807) is 0 Å². The number of hydrogen-bond donors (Lipinski definition) is 0. The Morgan fingerprint density at radius 2 is 0.608 bits per heavy atom. The Kier molecular flexibility index (Phi) is 59.5. The van der Waals surface area contributed by atoms with Crippen LogP contribution in [0.5, 0.6) is 0 Å². The molecule has 5 nitrogen and oxygen atoms in total. The zero-order valence-corrected chi connectivity index (χ0v) is 48.1. The molecule has 418 valence electrons. The zero-order valence-electron chi connectivity index (χ0n) is 48.1. The van der Waals surface area contributed by atoms with Crippen molar-refractivity contribution in [1.29, 1.82) is 0 Å². The van der Waals surface area contributed by atoms with Gasteiger partial charge in [-0.1, -0.05) is 244 Å². The van der Waals surface area contributed by atoms with Gasteiger partial charge < -0.3 is 14.2 Å². The van der Waals surface area contributed by atoms with Gasteiger partial charge in [-0.2, -0.15) is 0 Å². The Balaban J connectivity index is 4.43. The third kappa shape index (κ3) is 60.3. The molecule has 0 fully saturated rings. The molecule has 0 N–H and O–H groups in total. The van der Waals surface area contributed by atoms with E-state index in [4.69, 9.17) is 14.2 Å². The number of carbonyl (C=O) groups excluding carboxylic acids is 2. The number of allylic oxidation sites excluding steroid dienone is 24. The summed E-state index contributed by atoms with van der Waals surface area (Å²) in [4.78, 5) is 25.6. The van der Waals surface area contributed by atoms with Crippen molar-refractivity contribution in [3.8, 4) is 0 Å². The molecule has 5 heteroatoms. The van der Waals surface area contributed by atoms with E-state index < -0.39 is 6.10 Å². The second-order valence-electron chi connectivity index (χ2n) is 19.5. The minimum Gasteiger partial charge on any atom is -0.462 e. The van der Waals surface area contributed by atoms with Crippen molar-refractivity contribution in [2.24, 2.45) is 0 Å². The second kappa shape index (κ2) is 63.1. The fraction of sp³-hybridized carbons (Fsp3) is 0.623. The molecule has 0 amide bonds. The molecule has 0 saturated carbocycles. The summed E-state index contributed by atoms with van der Waals surface area (Å²) in [6.07, 6.45) is 91.5. The van der Waals surface area contributed by atoms with Gasteiger partial charge in [-0.3, -0.25) is 9.59 Å². The summed E-state index contributed by atoms with van der Waals surface area (Å²) in [6, 6.07) is 0. The van der Waals surface area contributed by atoms with E-state index in [9.17, 15) is 9.59 Å². The van der Waals surface area contributed by atoms with E-state index in [0.29, 0.717) is 19.4 Å². The summed E-state index contributed by atoms with van der Waals surface area (Å²) < 4.78 is 17.5. The first-order valence-corrected chi connectivity index (χ1v) is 30.4. The van der Waals surface area contributed by atoms with E-state index in [1.165, 1.54) is 70.6 Å². The van der Waals surface area contributed by atoms with Crippen molar-refractivity contribution >= 4 is 11.9 Å². The maximum absolute atomic E-state index is 12.9. The predicted molar refractivity (Wildman–Crippen MR) is 325 cm³/mol. The molecule has 0 bridgehead atoms. The molecule has 0 aliphatic carbocycles. The molecule has 0 rings (SSSR count). The molecule has 1 atom stereocenters. The molecule has 0 saturated heterocycles. The van der Waals surface area contributed by atoms with Crippen LogP contribution in [-0.2, 0) is 23.8 Å². The van der Waals surface area contributed by atoms with Crippen molar-refractivity contribution in [3.05, 3.63) is 146 Å². The quantitative estimate of drug-likeness (QED) is 0.0345. The van der Waals surface area contributed by atoms with Crippen LogP contribution >= 0.6 is 0 Å². The smallest absolute Gasteiger partial charge is 0.306 e. The molecular formula is C69H112O5. The van der Waals surface area contributed by atoms with E-state index in [-0.39, 0.29) is 25.2 Å². The summed E-state index contributed by atoms with van der Waals surface area (Å²) in [5, 5.41) is 0. The number of ether oxygens (including phenoxy) is 3. The highest BCUT2D eigenvalue weighted by atomic mass is 16.6. The monoisotopic (exact) mass is 1020 g/mol. The van der Waals surface area contributed by atoms with Gasteiger partial charge in [0.05, 0.1) is 6.61 Å². The topological polar surface area (TPSA) is 61.8 Å². The van der Waals surface area contributed by atoms with Crippen molar-refractivity contribution < 1.29 is 23.8 Å². The molecule has 0 radical (unpaired) electrons. The van der Waals surface area contributed by atoms with Crippen LogP contribution in [0.2, 0.25) is 0 Å². The first-order chi connectivity index (χ1) is 36.6. The first-order valence-electron chi connectivity index (χ1n) is 30.4. The normalized spacial score (nSPS) is 13.3. The van der Waals surface area contributed by atoms with Crippen LogP contribution < -0.4 is 0 Å². The lowest BCUT2D eigenvalue weighted by Gasteiger charge is -2.18.